The highest BCUT2D eigenvalue weighted by atomic mass is 16.4. The van der Waals surface area contributed by atoms with Gasteiger partial charge in [-0.15, -0.1) is 0 Å². The van der Waals surface area contributed by atoms with E-state index >= 15 is 0 Å². The lowest BCUT2D eigenvalue weighted by molar-refractivity contribution is -0.153. The molecule has 0 saturated carbocycles. The highest BCUT2D eigenvalue weighted by Crippen LogP contribution is 2.18. The van der Waals surface area contributed by atoms with Gasteiger partial charge in [0.15, 0.2) is 0 Å². The largest absolute Gasteiger partial charge is 0.480 e. The van der Waals surface area contributed by atoms with Crippen LogP contribution >= 0.6 is 0 Å². The summed E-state index contributed by atoms with van der Waals surface area (Å²) in [6, 6.07) is 6.23. The van der Waals surface area contributed by atoms with Gasteiger partial charge in [0.2, 0.25) is 17.7 Å². The summed E-state index contributed by atoms with van der Waals surface area (Å²) in [5, 5.41) is 21.9. The highest BCUT2D eigenvalue weighted by molar-refractivity contribution is 6.01. The Kier molecular flexibility index (Phi) is 11.6. The smallest absolute Gasteiger partial charge is 0.325 e. The summed E-state index contributed by atoms with van der Waals surface area (Å²) in [7, 11) is 0. The predicted octanol–water partition coefficient (Wildman–Crippen LogP) is 1.08. The Labute approximate surface area is 189 Å². The van der Waals surface area contributed by atoms with Crippen molar-refractivity contribution in [1.82, 2.24) is 10.2 Å². The predicted molar refractivity (Wildman–Crippen MR) is 119 cm³/mol. The molecule has 0 heterocycles. The lowest BCUT2D eigenvalue weighted by Gasteiger charge is -2.31. The molecule has 0 unspecified atom stereocenters. The summed E-state index contributed by atoms with van der Waals surface area (Å²) in [4.78, 5) is 50.7. The van der Waals surface area contributed by atoms with Crippen molar-refractivity contribution >= 4 is 23.7 Å². The fourth-order valence-electron chi connectivity index (χ4n) is 3.29. The van der Waals surface area contributed by atoms with Gasteiger partial charge in [-0.2, -0.15) is 0 Å². The zero-order chi connectivity index (χ0) is 24.3. The molecule has 1 rings (SSSR count). The topological polar surface area (TPSA) is 150 Å². The SMILES string of the molecule is CCCC[C@H](C)[C@@H](O)CC(=O)N(C(=O)CN)[C@H](Cc1ccccc1)C(=O)N[C@H](C)C(=O)O. The van der Waals surface area contributed by atoms with E-state index in [1.807, 2.05) is 13.8 Å². The molecule has 0 aliphatic heterocycles. The van der Waals surface area contributed by atoms with Gasteiger partial charge < -0.3 is 21.3 Å². The molecule has 0 bridgehead atoms. The monoisotopic (exact) mass is 449 g/mol. The number of carboxylic acids is 1. The molecule has 3 amide bonds. The Bertz CT molecular complexity index is 770. The third-order valence-corrected chi connectivity index (χ3v) is 5.38. The molecular weight excluding hydrogens is 414 g/mol. The molecule has 0 radical (unpaired) electrons. The third kappa shape index (κ3) is 8.39. The average Bonchev–Trinajstić information content (AvgIpc) is 2.77. The van der Waals surface area contributed by atoms with E-state index in [0.717, 1.165) is 24.2 Å². The maximum absolute atomic E-state index is 13.1. The maximum Gasteiger partial charge on any atom is 0.325 e. The van der Waals surface area contributed by atoms with E-state index in [1.165, 1.54) is 6.92 Å². The number of carbonyl (C=O) groups excluding carboxylic acids is 3. The summed E-state index contributed by atoms with van der Waals surface area (Å²) in [5.41, 5.74) is 6.19. The van der Waals surface area contributed by atoms with Crippen LogP contribution in [0.4, 0.5) is 0 Å². The van der Waals surface area contributed by atoms with Gasteiger partial charge in [0.1, 0.15) is 12.1 Å². The van der Waals surface area contributed by atoms with Gasteiger partial charge in [0.25, 0.3) is 0 Å². The second-order valence-electron chi connectivity index (χ2n) is 8.03. The van der Waals surface area contributed by atoms with Gasteiger partial charge in [-0.3, -0.25) is 24.1 Å². The average molecular weight is 450 g/mol. The minimum Gasteiger partial charge on any atom is -0.480 e. The van der Waals surface area contributed by atoms with Crippen molar-refractivity contribution in [2.75, 3.05) is 6.54 Å². The number of nitrogens with one attached hydrogen (secondary N) is 1. The number of aliphatic hydroxyl groups excluding tert-OH is 1. The van der Waals surface area contributed by atoms with Crippen molar-refractivity contribution in [3.8, 4) is 0 Å². The van der Waals surface area contributed by atoms with Crippen LogP contribution in [0.2, 0.25) is 0 Å². The van der Waals surface area contributed by atoms with Crippen LogP contribution in [0.1, 0.15) is 52.0 Å². The van der Waals surface area contributed by atoms with E-state index in [9.17, 15) is 24.3 Å². The Hall–Kier alpha value is -2.78. The summed E-state index contributed by atoms with van der Waals surface area (Å²) in [5.74, 6) is -3.70. The Morgan fingerprint density at radius 2 is 1.72 bits per heavy atom. The van der Waals surface area contributed by atoms with Crippen LogP contribution in [0.5, 0.6) is 0 Å². The van der Waals surface area contributed by atoms with E-state index in [4.69, 9.17) is 10.8 Å². The van der Waals surface area contributed by atoms with Crippen molar-refractivity contribution in [2.24, 2.45) is 11.7 Å². The molecule has 4 atom stereocenters. The molecule has 0 spiro atoms. The second-order valence-corrected chi connectivity index (χ2v) is 8.03. The standard InChI is InChI=1S/C23H35N3O6/c1-4-5-9-15(2)19(27)13-20(28)26(21(29)14-24)18(12-17-10-7-6-8-11-17)22(30)25-16(3)23(31)32/h6-8,10-11,15-16,18-19,27H,4-5,9,12-14,24H2,1-3H3,(H,25,30)(H,31,32)/t15-,16+,18+,19-/m0/s1. The van der Waals surface area contributed by atoms with Crippen LogP contribution < -0.4 is 11.1 Å². The van der Waals surface area contributed by atoms with Gasteiger partial charge in [-0.1, -0.05) is 57.0 Å². The molecule has 0 aliphatic rings. The van der Waals surface area contributed by atoms with Crippen molar-refractivity contribution in [1.29, 1.82) is 0 Å². The number of carbonyl (C=O) groups is 4. The summed E-state index contributed by atoms with van der Waals surface area (Å²) in [6.07, 6.45) is 1.22. The van der Waals surface area contributed by atoms with Crippen LogP contribution in [0.15, 0.2) is 30.3 Å². The van der Waals surface area contributed by atoms with E-state index in [1.54, 1.807) is 30.3 Å². The maximum atomic E-state index is 13.1. The number of carboxylic acid groups (broad SMARTS) is 1. The summed E-state index contributed by atoms with van der Waals surface area (Å²) in [6.45, 7) is 4.62. The zero-order valence-electron chi connectivity index (χ0n) is 19.0. The summed E-state index contributed by atoms with van der Waals surface area (Å²) >= 11 is 0. The molecule has 0 saturated heterocycles. The number of unbranched alkanes of at least 4 members (excludes halogenated alkanes) is 1. The Morgan fingerprint density at radius 3 is 2.25 bits per heavy atom. The van der Waals surface area contributed by atoms with Gasteiger partial charge in [0.05, 0.1) is 19.1 Å². The van der Waals surface area contributed by atoms with E-state index in [-0.39, 0.29) is 18.8 Å². The van der Waals surface area contributed by atoms with Crippen LogP contribution in [-0.2, 0) is 25.6 Å². The molecule has 178 valence electrons. The minimum atomic E-state index is -1.30. The number of amides is 3. The second kappa shape index (κ2) is 13.6. The number of hydrogen-bond donors (Lipinski definition) is 4. The van der Waals surface area contributed by atoms with Crippen molar-refractivity contribution < 1.29 is 29.4 Å². The number of nitrogens with zero attached hydrogens (tertiary/aromatic N) is 1. The van der Waals surface area contributed by atoms with Crippen molar-refractivity contribution in [3.05, 3.63) is 35.9 Å². The molecule has 1 aromatic carbocycles. The Balaban J connectivity index is 3.20. The number of benzene rings is 1. The highest BCUT2D eigenvalue weighted by Gasteiger charge is 2.36. The van der Waals surface area contributed by atoms with Gasteiger partial charge in [0, 0.05) is 6.42 Å². The first-order valence-corrected chi connectivity index (χ1v) is 10.9. The van der Waals surface area contributed by atoms with Crippen LogP contribution in [0, 0.1) is 5.92 Å². The van der Waals surface area contributed by atoms with E-state index in [2.05, 4.69) is 5.32 Å². The quantitative estimate of drug-likeness (QED) is 0.352. The molecule has 0 aromatic heterocycles. The van der Waals surface area contributed by atoms with Gasteiger partial charge in [-0.25, -0.2) is 0 Å². The molecule has 9 heteroatoms. The first kappa shape index (κ1) is 27.3. The number of nitrogens with two attached hydrogens (primary N) is 1. The first-order chi connectivity index (χ1) is 15.1. The lowest BCUT2D eigenvalue weighted by atomic mass is 9.95. The number of aliphatic hydroxyl groups is 1. The first-order valence-electron chi connectivity index (χ1n) is 10.9. The fraction of sp³-hybridized carbons (Fsp3) is 0.565. The molecule has 9 nitrogen and oxygen atoms in total. The normalized spacial score (nSPS) is 14.7. The van der Waals surface area contributed by atoms with Crippen LogP contribution in [0.3, 0.4) is 0 Å². The molecular formula is C23H35N3O6. The molecule has 5 N–H and O–H groups in total. The van der Waals surface area contributed by atoms with E-state index < -0.39 is 48.4 Å². The van der Waals surface area contributed by atoms with E-state index in [0.29, 0.717) is 5.56 Å². The van der Waals surface area contributed by atoms with Crippen LogP contribution in [-0.4, -0.2) is 63.5 Å². The third-order valence-electron chi connectivity index (χ3n) is 5.38. The lowest BCUT2D eigenvalue weighted by Crippen LogP contribution is -2.57. The molecule has 32 heavy (non-hydrogen) atoms. The number of aliphatic carboxylic acids is 1. The number of rotatable bonds is 13. The zero-order valence-corrected chi connectivity index (χ0v) is 19.0. The van der Waals surface area contributed by atoms with Crippen molar-refractivity contribution in [2.45, 2.75) is 71.1 Å². The van der Waals surface area contributed by atoms with Crippen LogP contribution in [0.25, 0.3) is 0 Å². The molecule has 0 aliphatic carbocycles. The fourth-order valence-corrected chi connectivity index (χ4v) is 3.29. The minimum absolute atomic E-state index is 0.0159. The number of hydrogen-bond acceptors (Lipinski definition) is 6. The van der Waals surface area contributed by atoms with Gasteiger partial charge in [-0.05, 0) is 24.8 Å². The molecule has 0 fully saturated rings. The molecule has 1 aromatic rings. The van der Waals surface area contributed by atoms with Crippen molar-refractivity contribution in [3.63, 3.8) is 0 Å². The van der Waals surface area contributed by atoms with Gasteiger partial charge >= 0.3 is 5.97 Å². The Morgan fingerprint density at radius 1 is 1.09 bits per heavy atom. The number of imide groups is 1. The summed E-state index contributed by atoms with van der Waals surface area (Å²) < 4.78 is 0.